The molecule has 1 aliphatic heterocycles. The minimum atomic E-state index is -0.554. The smallest absolute Gasteiger partial charge is 0.315 e. The van der Waals surface area contributed by atoms with Gasteiger partial charge in [-0.15, -0.1) is 0 Å². The number of rotatable bonds is 6. The Hall–Kier alpha value is -2.68. The summed E-state index contributed by atoms with van der Waals surface area (Å²) in [6.07, 6.45) is 2.88. The number of carbonyl (C=O) groups is 1. The van der Waals surface area contributed by atoms with E-state index in [4.69, 9.17) is 21.7 Å². The molecule has 1 aromatic carbocycles. The molecule has 8 nitrogen and oxygen atoms in total. The topological polar surface area (TPSA) is 93.9 Å². The molecule has 1 N–H and O–H groups in total. The van der Waals surface area contributed by atoms with Gasteiger partial charge in [0.2, 0.25) is 5.75 Å². The van der Waals surface area contributed by atoms with Gasteiger partial charge >= 0.3 is 5.69 Å². The van der Waals surface area contributed by atoms with Crippen LogP contribution in [-0.4, -0.2) is 41.5 Å². The van der Waals surface area contributed by atoms with Crippen molar-refractivity contribution in [1.29, 1.82) is 0 Å². The van der Waals surface area contributed by atoms with E-state index in [1.54, 1.807) is 6.07 Å². The molecule has 0 amide bonds. The molecule has 0 saturated carbocycles. The Bertz CT molecular complexity index is 867. The summed E-state index contributed by atoms with van der Waals surface area (Å²) in [5.41, 5.74) is 1.88. The maximum absolute atomic E-state index is 12.8. The van der Waals surface area contributed by atoms with Gasteiger partial charge in [0.25, 0.3) is 0 Å². The second-order valence-corrected chi connectivity index (χ2v) is 7.09. The molecule has 0 saturated heterocycles. The second-order valence-electron chi connectivity index (χ2n) is 6.70. The summed E-state index contributed by atoms with van der Waals surface area (Å²) in [7, 11) is 2.77. The van der Waals surface area contributed by atoms with Crippen LogP contribution < -0.4 is 14.8 Å². The quantitative estimate of drug-likeness (QED) is 0.438. The minimum Gasteiger partial charge on any atom is -0.493 e. The molecule has 150 valence electrons. The highest BCUT2D eigenvalue weighted by molar-refractivity contribution is 7.80. The number of nitro benzene ring substituents is 1. The van der Waals surface area contributed by atoms with Crippen LogP contribution in [0.4, 0.5) is 5.69 Å². The van der Waals surface area contributed by atoms with Gasteiger partial charge in [0, 0.05) is 30.3 Å². The fourth-order valence-electron chi connectivity index (χ4n) is 3.83. The predicted octanol–water partition coefficient (Wildman–Crippen LogP) is 3.26. The van der Waals surface area contributed by atoms with Crippen molar-refractivity contribution < 1.29 is 19.2 Å². The number of nitrogens with one attached hydrogen (secondary N) is 1. The number of ketones is 1. The maximum atomic E-state index is 12.8. The van der Waals surface area contributed by atoms with Crippen LogP contribution in [0.1, 0.15) is 44.2 Å². The summed E-state index contributed by atoms with van der Waals surface area (Å²) in [6.45, 7) is 2.77. The molecule has 1 heterocycles. The number of methoxy groups -OCH3 is 2. The number of carbonyl (C=O) groups excluding carboxylic acids is 1. The van der Waals surface area contributed by atoms with Crippen LogP contribution in [0.5, 0.6) is 11.5 Å². The van der Waals surface area contributed by atoms with Gasteiger partial charge in [-0.25, -0.2) is 0 Å². The Morgan fingerprint density at radius 3 is 2.68 bits per heavy atom. The first-order valence-corrected chi connectivity index (χ1v) is 9.58. The zero-order valence-corrected chi connectivity index (χ0v) is 16.9. The van der Waals surface area contributed by atoms with Gasteiger partial charge in [0.05, 0.1) is 25.2 Å². The number of allylic oxidation sites excluding steroid dienone is 1. The fourth-order valence-corrected chi connectivity index (χ4v) is 4.15. The van der Waals surface area contributed by atoms with E-state index in [1.165, 1.54) is 20.3 Å². The first kappa shape index (κ1) is 20.1. The number of ether oxygens (including phenoxy) is 2. The molecule has 1 unspecified atom stereocenters. The number of nitro groups is 1. The van der Waals surface area contributed by atoms with Crippen molar-refractivity contribution in [2.45, 2.75) is 38.6 Å². The molecule has 0 aromatic heterocycles. The lowest BCUT2D eigenvalue weighted by Gasteiger charge is -2.41. The molecule has 9 heteroatoms. The fraction of sp³-hybridized carbons (Fsp3) is 0.474. The predicted molar refractivity (Wildman–Crippen MR) is 108 cm³/mol. The van der Waals surface area contributed by atoms with Crippen LogP contribution in [0.2, 0.25) is 0 Å². The molecular weight excluding hydrogens is 382 g/mol. The SMILES string of the molecule is CCCN1C(=S)NC(c2cc(OC)c(OC)c([N+](=O)[O-])c2)C2=C1CCCC2=O. The monoisotopic (exact) mass is 405 g/mol. The van der Waals surface area contributed by atoms with Crippen LogP contribution in [0.3, 0.4) is 0 Å². The summed E-state index contributed by atoms with van der Waals surface area (Å²) in [5.74, 6) is 0.326. The lowest BCUT2D eigenvalue weighted by atomic mass is 9.84. The zero-order chi connectivity index (χ0) is 20.4. The molecule has 2 aliphatic rings. The number of hydrogen-bond donors (Lipinski definition) is 1. The van der Waals surface area contributed by atoms with Crippen LogP contribution in [0.25, 0.3) is 0 Å². The summed E-state index contributed by atoms with van der Waals surface area (Å²) in [4.78, 5) is 25.8. The normalized spacial score (nSPS) is 19.2. The molecule has 0 fully saturated rings. The van der Waals surface area contributed by atoms with Crippen molar-refractivity contribution in [2.75, 3.05) is 20.8 Å². The largest absolute Gasteiger partial charge is 0.493 e. The minimum absolute atomic E-state index is 0.0415. The number of thiocarbonyl (C=S) groups is 1. The molecule has 28 heavy (non-hydrogen) atoms. The van der Waals surface area contributed by atoms with Crippen LogP contribution >= 0.6 is 12.2 Å². The van der Waals surface area contributed by atoms with E-state index in [0.717, 1.165) is 31.5 Å². The molecule has 1 aromatic rings. The second kappa shape index (κ2) is 8.14. The lowest BCUT2D eigenvalue weighted by molar-refractivity contribution is -0.385. The highest BCUT2D eigenvalue weighted by atomic mass is 32.1. The standard InChI is InChI=1S/C19H23N3O5S/c1-4-8-21-12-6-5-7-14(23)16(12)17(20-19(21)28)11-9-13(22(24)25)18(27-3)15(10-11)26-2/h9-10,17H,4-8H2,1-3H3,(H,20,28). The molecule has 3 rings (SSSR count). The van der Waals surface area contributed by atoms with Crippen LogP contribution in [-0.2, 0) is 4.79 Å². The Balaban J connectivity index is 2.18. The third-order valence-electron chi connectivity index (χ3n) is 5.02. The van der Waals surface area contributed by atoms with Crippen molar-refractivity contribution >= 4 is 28.8 Å². The Kier molecular flexibility index (Phi) is 5.83. The zero-order valence-electron chi connectivity index (χ0n) is 16.1. The Morgan fingerprint density at radius 2 is 2.07 bits per heavy atom. The first-order chi connectivity index (χ1) is 13.4. The van der Waals surface area contributed by atoms with Gasteiger partial charge in [-0.1, -0.05) is 6.92 Å². The van der Waals surface area contributed by atoms with Crippen molar-refractivity contribution in [3.05, 3.63) is 39.1 Å². The van der Waals surface area contributed by atoms with Gasteiger partial charge in [0.1, 0.15) is 0 Å². The van der Waals surface area contributed by atoms with Gasteiger partial charge in [0.15, 0.2) is 16.6 Å². The summed E-state index contributed by atoms with van der Waals surface area (Å²) in [6, 6.07) is 2.53. The van der Waals surface area contributed by atoms with E-state index in [-0.39, 0.29) is 23.0 Å². The third kappa shape index (κ3) is 3.42. The highest BCUT2D eigenvalue weighted by Gasteiger charge is 2.38. The van der Waals surface area contributed by atoms with E-state index in [1.807, 2.05) is 4.90 Å². The van der Waals surface area contributed by atoms with E-state index in [0.29, 0.717) is 22.7 Å². The van der Waals surface area contributed by atoms with Gasteiger partial charge in [-0.2, -0.15) is 0 Å². The number of nitrogens with zero attached hydrogens (tertiary/aromatic N) is 2. The average Bonchev–Trinajstić information content (AvgIpc) is 2.68. The Labute approximate surface area is 168 Å². The molecule has 1 aliphatic carbocycles. The van der Waals surface area contributed by atoms with E-state index in [9.17, 15) is 14.9 Å². The number of hydrogen-bond acceptors (Lipinski definition) is 6. The van der Waals surface area contributed by atoms with Crippen LogP contribution in [0.15, 0.2) is 23.4 Å². The lowest BCUT2D eigenvalue weighted by Crippen LogP contribution is -2.49. The van der Waals surface area contributed by atoms with E-state index < -0.39 is 11.0 Å². The van der Waals surface area contributed by atoms with E-state index in [2.05, 4.69) is 12.2 Å². The van der Waals surface area contributed by atoms with Gasteiger partial charge in [-0.05, 0) is 43.1 Å². The van der Waals surface area contributed by atoms with E-state index >= 15 is 0 Å². The highest BCUT2D eigenvalue weighted by Crippen LogP contribution is 2.43. The molecule has 1 atom stereocenters. The third-order valence-corrected chi connectivity index (χ3v) is 5.35. The maximum Gasteiger partial charge on any atom is 0.315 e. The Morgan fingerprint density at radius 1 is 1.32 bits per heavy atom. The van der Waals surface area contributed by atoms with Gasteiger partial charge in [-0.3, -0.25) is 14.9 Å². The van der Waals surface area contributed by atoms with Crippen molar-refractivity contribution in [2.24, 2.45) is 0 Å². The summed E-state index contributed by atoms with van der Waals surface area (Å²) in [5, 5.41) is 15.3. The summed E-state index contributed by atoms with van der Waals surface area (Å²) >= 11 is 5.55. The molecular formula is C19H23N3O5S. The molecule has 0 radical (unpaired) electrons. The summed E-state index contributed by atoms with van der Waals surface area (Å²) < 4.78 is 10.5. The molecule has 0 spiro atoms. The molecule has 0 bridgehead atoms. The average molecular weight is 405 g/mol. The van der Waals surface area contributed by atoms with Crippen molar-refractivity contribution in [3.8, 4) is 11.5 Å². The van der Waals surface area contributed by atoms with Crippen molar-refractivity contribution in [3.63, 3.8) is 0 Å². The first-order valence-electron chi connectivity index (χ1n) is 9.17. The number of Topliss-reactive ketones (excluding diaryl/α,β-unsaturated/α-hetero) is 1. The van der Waals surface area contributed by atoms with Gasteiger partial charge < -0.3 is 19.7 Å². The van der Waals surface area contributed by atoms with Crippen LogP contribution in [0, 0.1) is 10.1 Å². The van der Waals surface area contributed by atoms with Crippen molar-refractivity contribution in [1.82, 2.24) is 10.2 Å². The number of benzene rings is 1.